The van der Waals surface area contributed by atoms with Gasteiger partial charge >= 0.3 is 5.97 Å². The van der Waals surface area contributed by atoms with Crippen molar-refractivity contribution in [1.29, 1.82) is 0 Å². The van der Waals surface area contributed by atoms with Crippen LogP contribution in [0.15, 0.2) is 10.7 Å². The summed E-state index contributed by atoms with van der Waals surface area (Å²) in [6.45, 7) is 0. The fourth-order valence-electron chi connectivity index (χ4n) is 2.13. The molecule has 1 aromatic rings. The summed E-state index contributed by atoms with van der Waals surface area (Å²) in [5, 5.41) is 15.9. The average molecular weight is 287 g/mol. The summed E-state index contributed by atoms with van der Waals surface area (Å²) in [5.74, 6) is -0.766. The summed E-state index contributed by atoms with van der Waals surface area (Å²) >= 11 is 3.28. The Morgan fingerprint density at radius 1 is 1.50 bits per heavy atom. The fraction of sp³-hybridized carbons (Fsp3) is 0.500. The molecule has 0 bridgehead atoms. The van der Waals surface area contributed by atoms with Gasteiger partial charge in [-0.05, 0) is 28.8 Å². The van der Waals surface area contributed by atoms with Crippen molar-refractivity contribution in [2.24, 2.45) is 0 Å². The molecule has 1 heterocycles. The summed E-state index contributed by atoms with van der Waals surface area (Å²) in [7, 11) is 0. The molecule has 1 aliphatic rings. The van der Waals surface area contributed by atoms with Crippen LogP contribution in [0.25, 0.3) is 0 Å². The highest BCUT2D eigenvalue weighted by molar-refractivity contribution is 9.10. The van der Waals surface area contributed by atoms with Crippen LogP contribution in [0.3, 0.4) is 0 Å². The second-order valence-electron chi connectivity index (χ2n) is 4.02. The van der Waals surface area contributed by atoms with E-state index in [4.69, 9.17) is 0 Å². The molecule has 0 radical (unpaired) electrons. The van der Waals surface area contributed by atoms with Crippen molar-refractivity contribution in [3.63, 3.8) is 0 Å². The molecule has 86 valence electrons. The van der Waals surface area contributed by atoms with Crippen LogP contribution in [0.5, 0.6) is 0 Å². The summed E-state index contributed by atoms with van der Waals surface area (Å²) < 4.78 is 0.657. The van der Waals surface area contributed by atoms with E-state index in [0.717, 1.165) is 0 Å². The number of H-pyrrole nitrogens is 1. The number of aromatic amines is 1. The third kappa shape index (κ3) is 1.67. The van der Waals surface area contributed by atoms with Gasteiger partial charge in [-0.2, -0.15) is 5.10 Å². The number of aromatic nitrogens is 2. The van der Waals surface area contributed by atoms with E-state index in [9.17, 15) is 14.7 Å². The van der Waals surface area contributed by atoms with Crippen LogP contribution in [0, 0.1) is 0 Å². The molecule has 0 saturated heterocycles. The lowest BCUT2D eigenvalue weighted by Gasteiger charge is -2.31. The van der Waals surface area contributed by atoms with Crippen LogP contribution in [-0.4, -0.2) is 27.1 Å². The van der Waals surface area contributed by atoms with E-state index in [0.29, 0.717) is 35.8 Å². The highest BCUT2D eigenvalue weighted by Gasteiger charge is 2.45. The molecule has 1 aromatic heterocycles. The standard InChI is InChI=1S/C10H11BrN2O3/c11-7-5-12-13-8(7)10(9(15)16)3-1-6(14)2-4-10/h5H,1-4H2,(H,12,13)(H,15,16). The van der Waals surface area contributed by atoms with Crippen LogP contribution in [0.1, 0.15) is 31.4 Å². The van der Waals surface area contributed by atoms with Gasteiger partial charge in [-0.3, -0.25) is 14.7 Å². The van der Waals surface area contributed by atoms with Gasteiger partial charge in [0.05, 0.1) is 16.4 Å². The predicted molar refractivity (Wildman–Crippen MR) is 59.1 cm³/mol. The van der Waals surface area contributed by atoms with E-state index < -0.39 is 11.4 Å². The second kappa shape index (κ2) is 4.01. The maximum absolute atomic E-state index is 11.5. The molecule has 1 aliphatic carbocycles. The number of halogens is 1. The van der Waals surface area contributed by atoms with E-state index >= 15 is 0 Å². The Hall–Kier alpha value is -1.17. The monoisotopic (exact) mass is 286 g/mol. The van der Waals surface area contributed by atoms with E-state index in [1.807, 2.05) is 0 Å². The van der Waals surface area contributed by atoms with Crippen molar-refractivity contribution < 1.29 is 14.7 Å². The van der Waals surface area contributed by atoms with Crippen molar-refractivity contribution in [1.82, 2.24) is 10.2 Å². The third-order valence-corrected chi connectivity index (χ3v) is 3.74. The minimum Gasteiger partial charge on any atom is -0.481 e. The number of carboxylic acids is 1. The zero-order valence-corrected chi connectivity index (χ0v) is 10.1. The maximum Gasteiger partial charge on any atom is 0.315 e. The quantitative estimate of drug-likeness (QED) is 0.866. The van der Waals surface area contributed by atoms with E-state index in [2.05, 4.69) is 26.1 Å². The molecule has 1 fully saturated rings. The molecule has 5 nitrogen and oxygen atoms in total. The van der Waals surface area contributed by atoms with E-state index in [-0.39, 0.29) is 5.78 Å². The number of carbonyl (C=O) groups excluding carboxylic acids is 1. The zero-order chi connectivity index (χ0) is 11.8. The predicted octanol–water partition coefficient (Wildman–Crippen LogP) is 1.64. The number of ketones is 1. The molecule has 1 saturated carbocycles. The Bertz CT molecular complexity index is 431. The Morgan fingerprint density at radius 2 is 2.12 bits per heavy atom. The lowest BCUT2D eigenvalue weighted by Crippen LogP contribution is -2.40. The zero-order valence-electron chi connectivity index (χ0n) is 8.49. The lowest BCUT2D eigenvalue weighted by atomic mass is 9.71. The Kier molecular flexibility index (Phi) is 2.84. The van der Waals surface area contributed by atoms with Gasteiger partial charge in [0.2, 0.25) is 0 Å². The smallest absolute Gasteiger partial charge is 0.315 e. The minimum atomic E-state index is -0.997. The van der Waals surface area contributed by atoms with Gasteiger partial charge in [0.1, 0.15) is 11.2 Å². The summed E-state index contributed by atoms with van der Waals surface area (Å²) in [5.41, 5.74) is -0.434. The first-order chi connectivity index (χ1) is 7.56. The highest BCUT2D eigenvalue weighted by atomic mass is 79.9. The second-order valence-corrected chi connectivity index (χ2v) is 4.87. The minimum absolute atomic E-state index is 0.132. The maximum atomic E-state index is 11.5. The topological polar surface area (TPSA) is 83.0 Å². The van der Waals surface area contributed by atoms with Crippen LogP contribution < -0.4 is 0 Å². The average Bonchev–Trinajstić information content (AvgIpc) is 2.66. The number of nitrogens with one attached hydrogen (secondary N) is 1. The number of rotatable bonds is 2. The van der Waals surface area contributed by atoms with Crippen LogP contribution in [0.2, 0.25) is 0 Å². The van der Waals surface area contributed by atoms with Gasteiger partial charge in [0.15, 0.2) is 0 Å². The lowest BCUT2D eigenvalue weighted by molar-refractivity contribution is -0.146. The fourth-order valence-corrected chi connectivity index (χ4v) is 2.70. The molecule has 6 heteroatoms. The molecule has 0 amide bonds. The molecule has 0 unspecified atom stereocenters. The molecule has 0 spiro atoms. The Balaban J connectivity index is 2.41. The van der Waals surface area contributed by atoms with Gasteiger partial charge in [-0.15, -0.1) is 0 Å². The van der Waals surface area contributed by atoms with Crippen molar-refractivity contribution in [3.05, 3.63) is 16.4 Å². The number of carboxylic acid groups (broad SMARTS) is 1. The van der Waals surface area contributed by atoms with Gasteiger partial charge < -0.3 is 5.11 Å². The van der Waals surface area contributed by atoms with Crippen LogP contribution >= 0.6 is 15.9 Å². The SMILES string of the molecule is O=C1CCC(C(=O)O)(c2[nH]ncc2Br)CC1. The van der Waals surface area contributed by atoms with Crippen molar-refractivity contribution in [2.45, 2.75) is 31.1 Å². The number of carbonyl (C=O) groups is 2. The van der Waals surface area contributed by atoms with Crippen molar-refractivity contribution in [3.8, 4) is 0 Å². The number of hydrogen-bond acceptors (Lipinski definition) is 3. The van der Waals surface area contributed by atoms with Crippen molar-refractivity contribution in [2.75, 3.05) is 0 Å². The molecular formula is C10H11BrN2O3. The largest absolute Gasteiger partial charge is 0.481 e. The number of nitrogens with zero attached hydrogens (tertiary/aromatic N) is 1. The molecule has 0 atom stereocenters. The number of hydrogen-bond donors (Lipinski definition) is 2. The molecule has 2 rings (SSSR count). The summed E-state index contributed by atoms with van der Waals surface area (Å²) in [6, 6.07) is 0. The molecule has 0 aromatic carbocycles. The molecular weight excluding hydrogens is 276 g/mol. The van der Waals surface area contributed by atoms with E-state index in [1.54, 1.807) is 0 Å². The van der Waals surface area contributed by atoms with Gasteiger partial charge in [-0.25, -0.2) is 0 Å². The van der Waals surface area contributed by atoms with Gasteiger partial charge in [0.25, 0.3) is 0 Å². The number of Topliss-reactive ketones (excluding diaryl/α,β-unsaturated/α-hetero) is 1. The number of aliphatic carboxylic acids is 1. The normalized spacial score (nSPS) is 19.7. The summed E-state index contributed by atoms with van der Waals surface area (Å²) in [6.07, 6.45) is 2.84. The molecule has 0 aliphatic heterocycles. The molecule has 16 heavy (non-hydrogen) atoms. The van der Waals surface area contributed by atoms with Gasteiger partial charge in [0, 0.05) is 12.8 Å². The first-order valence-electron chi connectivity index (χ1n) is 5.01. The Morgan fingerprint density at radius 3 is 2.56 bits per heavy atom. The van der Waals surface area contributed by atoms with E-state index in [1.165, 1.54) is 6.20 Å². The van der Waals surface area contributed by atoms with Crippen molar-refractivity contribution >= 4 is 27.7 Å². The Labute approximate surface area is 100 Å². The molecule has 2 N–H and O–H groups in total. The van der Waals surface area contributed by atoms with Crippen LogP contribution in [0.4, 0.5) is 0 Å². The first-order valence-corrected chi connectivity index (χ1v) is 5.80. The highest BCUT2D eigenvalue weighted by Crippen LogP contribution is 2.40. The third-order valence-electron chi connectivity index (χ3n) is 3.14. The van der Waals surface area contributed by atoms with Gasteiger partial charge in [-0.1, -0.05) is 0 Å². The summed E-state index contributed by atoms with van der Waals surface area (Å²) in [4.78, 5) is 22.7. The first kappa shape index (κ1) is 11.3. The van der Waals surface area contributed by atoms with Crippen LogP contribution in [-0.2, 0) is 15.0 Å².